The fourth-order valence-corrected chi connectivity index (χ4v) is 1.94. The minimum atomic E-state index is -1.08. The normalized spacial score (nSPS) is 10.0. The van der Waals surface area contributed by atoms with E-state index >= 15 is 0 Å². The van der Waals surface area contributed by atoms with E-state index in [0.717, 1.165) is 38.3 Å². The molecule has 0 aliphatic carbocycles. The summed E-state index contributed by atoms with van der Waals surface area (Å²) in [5.41, 5.74) is 3.32. The van der Waals surface area contributed by atoms with Crippen LogP contribution in [0.3, 0.4) is 0 Å². The molecule has 0 rings (SSSR count). The summed E-state index contributed by atoms with van der Waals surface area (Å²) in [4.78, 5) is 20.0. The number of nitrogens with two attached hydrogens (primary N) is 1. The van der Waals surface area contributed by atoms with Gasteiger partial charge >= 0.3 is 29.6 Å². The van der Waals surface area contributed by atoms with Crippen LogP contribution in [0.2, 0.25) is 0 Å². The zero-order valence-electron chi connectivity index (χ0n) is 23.0. The van der Waals surface area contributed by atoms with Crippen molar-refractivity contribution in [1.29, 1.82) is 0 Å². The van der Waals surface area contributed by atoms with Gasteiger partial charge in [-0.1, -0.05) is 56.1 Å². The van der Waals surface area contributed by atoms with Gasteiger partial charge in [-0.05, 0) is 74.1 Å². The fraction of sp³-hybridized carbons (Fsp3) is 0.708. The Morgan fingerprint density at radius 2 is 1.09 bits per heavy atom. The molecule has 0 aromatic rings. The molecule has 0 bridgehead atoms. The van der Waals surface area contributed by atoms with Gasteiger partial charge in [0.25, 0.3) is 0 Å². The number of hydrogen-bond donors (Lipinski definition) is 3. The van der Waals surface area contributed by atoms with Crippen LogP contribution in [0.4, 0.5) is 0 Å². The molecule has 0 saturated carbocycles. The van der Waals surface area contributed by atoms with Crippen LogP contribution in [0.5, 0.6) is 0 Å². The summed E-state index contributed by atoms with van der Waals surface area (Å²) < 4.78 is 0. The van der Waals surface area contributed by atoms with Crippen LogP contribution in [0, 0.1) is 10.8 Å². The molecule has 0 heterocycles. The summed E-state index contributed by atoms with van der Waals surface area (Å²) in [5, 5.41) is 27.3. The average molecular weight is 503 g/mol. The number of hydrogen-bond acceptors (Lipinski definition) is 7. The number of carbonyl (C=O) groups excluding carboxylic acids is 2. The smallest absolute Gasteiger partial charge is 0.550 e. The first-order valence-corrected chi connectivity index (χ1v) is 10.4. The largest absolute Gasteiger partial charge is 1.00 e. The molecule has 0 aromatic heterocycles. The van der Waals surface area contributed by atoms with Crippen LogP contribution in [-0.4, -0.2) is 27.9 Å². The maximum Gasteiger partial charge on any atom is 1.00 e. The fourth-order valence-electron chi connectivity index (χ4n) is 1.94. The van der Waals surface area contributed by atoms with Gasteiger partial charge < -0.3 is 20.3 Å². The maximum atomic E-state index is 11.1. The third-order valence-corrected chi connectivity index (χ3v) is 4.73. The van der Waals surface area contributed by atoms with Gasteiger partial charge in [0.05, 0.1) is 5.71 Å². The summed E-state index contributed by atoms with van der Waals surface area (Å²) in [6, 6.07) is 0. The molecule has 0 aromatic carbocycles. The third-order valence-electron chi connectivity index (χ3n) is 4.73. The van der Waals surface area contributed by atoms with Crippen molar-refractivity contribution in [3.63, 3.8) is 0 Å². The SMILES string of the molecule is CC(=O)C(C)(C)CCC=C(C)C.CC(=O)[O-].CC(C)=CCCC(C)(C)/C(C)=N/O.Cl.NO.[Na+]. The molecule has 0 amide bonds. The van der Waals surface area contributed by atoms with Gasteiger partial charge in [0, 0.05) is 16.8 Å². The molecule has 0 unspecified atom stereocenters. The van der Waals surface area contributed by atoms with Crippen LogP contribution in [0.15, 0.2) is 28.5 Å². The number of carboxylic acids is 1. The summed E-state index contributed by atoms with van der Waals surface area (Å²) in [6.45, 7) is 21.1. The zero-order chi connectivity index (χ0) is 25.8. The monoisotopic (exact) mass is 502 g/mol. The van der Waals surface area contributed by atoms with Crippen molar-refractivity contribution in [2.75, 3.05) is 0 Å². The molecular formula is C24H48ClN2NaO5. The van der Waals surface area contributed by atoms with E-state index in [-0.39, 0.29) is 58.6 Å². The van der Waals surface area contributed by atoms with E-state index in [1.165, 1.54) is 11.1 Å². The first-order chi connectivity index (χ1) is 14.0. The van der Waals surface area contributed by atoms with Gasteiger partial charge in [-0.15, -0.1) is 12.4 Å². The van der Waals surface area contributed by atoms with Crippen molar-refractivity contribution in [1.82, 2.24) is 0 Å². The number of Topliss-reactive ketones (excluding diaryl/α,β-unsaturated/α-hetero) is 1. The Morgan fingerprint density at radius 1 is 0.818 bits per heavy atom. The average Bonchev–Trinajstić information content (AvgIpc) is 2.61. The Bertz CT molecular complexity index is 590. The molecule has 0 radical (unpaired) electrons. The van der Waals surface area contributed by atoms with Crippen LogP contribution in [0.1, 0.15) is 102 Å². The first kappa shape index (κ1) is 45.7. The number of rotatable bonds is 8. The minimum Gasteiger partial charge on any atom is -0.550 e. The minimum absolute atomic E-state index is 0. The van der Waals surface area contributed by atoms with E-state index in [1.54, 1.807) is 6.92 Å². The van der Waals surface area contributed by atoms with Crippen molar-refractivity contribution in [2.24, 2.45) is 21.9 Å². The van der Waals surface area contributed by atoms with Crippen molar-refractivity contribution in [3.8, 4) is 0 Å². The van der Waals surface area contributed by atoms with Crippen LogP contribution in [-0.2, 0) is 9.59 Å². The van der Waals surface area contributed by atoms with E-state index in [1.807, 2.05) is 20.8 Å². The molecule has 0 aliphatic heterocycles. The third kappa shape index (κ3) is 36.1. The molecule has 4 N–H and O–H groups in total. The van der Waals surface area contributed by atoms with Crippen molar-refractivity contribution in [3.05, 3.63) is 23.3 Å². The van der Waals surface area contributed by atoms with E-state index < -0.39 is 5.97 Å². The number of nitrogens with zero attached hydrogens (tertiary/aromatic N) is 1. The summed E-state index contributed by atoms with van der Waals surface area (Å²) in [7, 11) is 0. The second-order valence-corrected chi connectivity index (χ2v) is 9.14. The molecular weight excluding hydrogens is 455 g/mol. The van der Waals surface area contributed by atoms with Gasteiger partial charge in [0.1, 0.15) is 5.78 Å². The number of oxime groups is 1. The molecule has 0 spiro atoms. The Labute approximate surface area is 230 Å². The molecule has 0 saturated heterocycles. The summed E-state index contributed by atoms with van der Waals surface area (Å²) in [5.74, 6) is 2.70. The Hall–Kier alpha value is -0.700. The first-order valence-electron chi connectivity index (χ1n) is 10.4. The molecule has 9 heteroatoms. The number of carboxylic acid groups (broad SMARTS) is 1. The van der Waals surface area contributed by atoms with Gasteiger partial charge in [-0.25, -0.2) is 5.90 Å². The second-order valence-electron chi connectivity index (χ2n) is 9.14. The zero-order valence-corrected chi connectivity index (χ0v) is 25.9. The Kier molecular flexibility index (Phi) is 35.9. The molecule has 192 valence electrons. The topological polar surface area (TPSA) is 136 Å². The summed E-state index contributed by atoms with van der Waals surface area (Å²) >= 11 is 0. The standard InChI is InChI=1S/C11H21NO.C11H20O.C2H4O2.ClH.H3NO.Na/c1-9(2)7-6-8-11(4,5)10(3)12-13;1-9(2)7-6-8-11(4,5)10(3)12;1-2(3)4;;1-2;/h7,13H,6,8H2,1-5H3;7H,6,8H2,1-5H3;1H3,(H,3,4);1H;2H,1H2;/q;;;;;+1/p-1/b12-10+;;;;;. The van der Waals surface area contributed by atoms with Gasteiger partial charge in [0.2, 0.25) is 0 Å². The Balaban J connectivity index is -0.0000000850. The van der Waals surface area contributed by atoms with Gasteiger partial charge in [-0.2, -0.15) is 0 Å². The Morgan fingerprint density at radius 3 is 1.30 bits per heavy atom. The van der Waals surface area contributed by atoms with E-state index in [9.17, 15) is 4.79 Å². The maximum absolute atomic E-state index is 11.1. The van der Waals surface area contributed by atoms with Crippen LogP contribution >= 0.6 is 12.4 Å². The number of halogens is 1. The van der Waals surface area contributed by atoms with Crippen molar-refractivity contribution < 1.29 is 54.7 Å². The van der Waals surface area contributed by atoms with Crippen LogP contribution in [0.25, 0.3) is 0 Å². The number of ketones is 1. The predicted molar refractivity (Wildman–Crippen MR) is 134 cm³/mol. The molecule has 0 atom stereocenters. The van der Waals surface area contributed by atoms with E-state index in [2.05, 4.69) is 64.7 Å². The molecule has 7 nitrogen and oxygen atoms in total. The van der Waals surface area contributed by atoms with Gasteiger partial charge in [0.15, 0.2) is 0 Å². The summed E-state index contributed by atoms with van der Waals surface area (Å²) in [6.07, 6.45) is 8.43. The van der Waals surface area contributed by atoms with E-state index in [4.69, 9.17) is 20.3 Å². The quantitative estimate of drug-likeness (QED) is 0.153. The molecule has 0 fully saturated rings. The predicted octanol–water partition coefficient (Wildman–Crippen LogP) is 2.47. The molecule has 0 aliphatic rings. The van der Waals surface area contributed by atoms with Crippen molar-refractivity contribution in [2.45, 2.75) is 102 Å². The van der Waals surface area contributed by atoms with Crippen LogP contribution < -0.4 is 40.6 Å². The number of aliphatic carboxylic acids is 1. The van der Waals surface area contributed by atoms with Gasteiger partial charge in [-0.3, -0.25) is 4.79 Å². The number of carbonyl (C=O) groups is 2. The van der Waals surface area contributed by atoms with Crippen molar-refractivity contribution >= 4 is 29.9 Å². The number of allylic oxidation sites excluding steroid dienone is 4. The second kappa shape index (κ2) is 25.9. The molecule has 33 heavy (non-hydrogen) atoms. The van der Waals surface area contributed by atoms with E-state index in [0.29, 0.717) is 0 Å².